The lowest BCUT2D eigenvalue weighted by atomic mass is 10.3. The van der Waals surface area contributed by atoms with Crippen molar-refractivity contribution in [3.05, 3.63) is 10.1 Å². The average Bonchev–Trinajstić information content (AvgIpc) is 2.07. The van der Waals surface area contributed by atoms with Crippen LogP contribution in [0, 0.1) is 0 Å². The van der Waals surface area contributed by atoms with Gasteiger partial charge in [0.2, 0.25) is 6.29 Å². The zero-order valence-electron chi connectivity index (χ0n) is 5.05. The van der Waals surface area contributed by atoms with Crippen molar-refractivity contribution in [1.82, 2.24) is 0 Å². The van der Waals surface area contributed by atoms with Crippen molar-refractivity contribution in [3.8, 4) is 0 Å². The number of hydrogen-bond acceptors (Lipinski definition) is 3. The van der Waals surface area contributed by atoms with E-state index in [0.29, 0.717) is 5.57 Å². The summed E-state index contributed by atoms with van der Waals surface area (Å²) in [5, 5.41) is 9.11. The average molecular weight is 351 g/mol. The number of cyclic esters (lactones) is 1. The van der Waals surface area contributed by atoms with Crippen molar-refractivity contribution in [2.24, 2.45) is 0 Å². The van der Waals surface area contributed by atoms with Gasteiger partial charge in [-0.15, -0.1) is 0 Å². The van der Waals surface area contributed by atoms with Crippen LogP contribution in [0.2, 0.25) is 0 Å². The van der Waals surface area contributed by atoms with E-state index < -0.39 is 12.3 Å². The van der Waals surface area contributed by atoms with Crippen LogP contribution >= 0.6 is 47.8 Å². The summed E-state index contributed by atoms with van der Waals surface area (Å²) in [6, 6.07) is 0. The number of halogens is 3. The number of rotatable bonds is 1. The Morgan fingerprint density at radius 2 is 2.09 bits per heavy atom. The van der Waals surface area contributed by atoms with Crippen molar-refractivity contribution in [2.45, 2.75) is 10.0 Å². The highest BCUT2D eigenvalue weighted by atomic mass is 79.9. The first-order valence-corrected chi connectivity index (χ1v) is 5.23. The van der Waals surface area contributed by atoms with E-state index in [1.54, 1.807) is 0 Å². The summed E-state index contributed by atoms with van der Waals surface area (Å²) in [6.45, 7) is 0. The summed E-state index contributed by atoms with van der Waals surface area (Å²) in [5.41, 5.74) is 0.454. The Balaban J connectivity index is 2.97. The molecule has 1 N–H and O–H groups in total. The SMILES string of the molecule is O=C1O[C@H](O)C(C(Br)Br)=C1Br. The monoisotopic (exact) mass is 348 g/mol. The maximum Gasteiger partial charge on any atom is 0.348 e. The second-order valence-electron chi connectivity index (χ2n) is 1.83. The molecule has 62 valence electrons. The van der Waals surface area contributed by atoms with Gasteiger partial charge in [-0.25, -0.2) is 4.79 Å². The minimum absolute atomic E-state index is 0.258. The highest BCUT2D eigenvalue weighted by Crippen LogP contribution is 2.33. The Kier molecular flexibility index (Phi) is 3.13. The van der Waals surface area contributed by atoms with Gasteiger partial charge in [0.05, 0.1) is 3.74 Å². The molecular weight excluding hydrogens is 348 g/mol. The Bertz CT molecular complexity index is 223. The zero-order valence-corrected chi connectivity index (χ0v) is 9.81. The standard InChI is InChI=1S/C5H3Br3O3/c6-2-1(3(7)8)4(9)11-5(2)10/h3-4,9H/t4-/m0/s1. The summed E-state index contributed by atoms with van der Waals surface area (Å²) in [5.74, 6) is -0.545. The molecule has 0 radical (unpaired) electrons. The third-order valence-electron chi connectivity index (χ3n) is 1.15. The number of hydrogen-bond donors (Lipinski definition) is 1. The van der Waals surface area contributed by atoms with Crippen molar-refractivity contribution in [3.63, 3.8) is 0 Å². The molecule has 0 aliphatic carbocycles. The van der Waals surface area contributed by atoms with Crippen LogP contribution in [-0.4, -0.2) is 21.1 Å². The molecule has 0 amide bonds. The topological polar surface area (TPSA) is 46.5 Å². The molecule has 11 heavy (non-hydrogen) atoms. The molecule has 1 rings (SSSR count). The number of aliphatic hydroxyl groups excluding tert-OH is 1. The Hall–Kier alpha value is 0.610. The molecule has 0 unspecified atom stereocenters. The summed E-state index contributed by atoms with van der Waals surface area (Å²) >= 11 is 9.29. The molecule has 0 saturated carbocycles. The van der Waals surface area contributed by atoms with Crippen LogP contribution in [0.4, 0.5) is 0 Å². The molecule has 0 fully saturated rings. The molecular formula is C5H3Br3O3. The van der Waals surface area contributed by atoms with E-state index >= 15 is 0 Å². The van der Waals surface area contributed by atoms with Gasteiger partial charge in [-0.3, -0.25) is 0 Å². The molecule has 3 nitrogen and oxygen atoms in total. The molecule has 1 aliphatic heterocycles. The number of carbonyl (C=O) groups excluding carboxylic acids is 1. The number of alkyl halides is 2. The second kappa shape index (κ2) is 3.55. The molecule has 0 aromatic carbocycles. The third-order valence-corrected chi connectivity index (χ3v) is 2.92. The summed E-state index contributed by atoms with van der Waals surface area (Å²) in [6.07, 6.45) is -1.15. The van der Waals surface area contributed by atoms with Gasteiger partial charge in [0.15, 0.2) is 0 Å². The Morgan fingerprint density at radius 1 is 1.55 bits per heavy atom. The molecule has 0 bridgehead atoms. The smallest absolute Gasteiger partial charge is 0.348 e. The molecule has 1 aliphatic rings. The molecule has 0 spiro atoms. The van der Waals surface area contributed by atoms with Gasteiger partial charge in [0.25, 0.3) is 0 Å². The first-order valence-electron chi connectivity index (χ1n) is 2.60. The second-order valence-corrected chi connectivity index (χ2v) is 5.68. The molecule has 1 heterocycles. The maximum atomic E-state index is 10.8. The first-order chi connectivity index (χ1) is 5.04. The van der Waals surface area contributed by atoms with Gasteiger partial charge in [-0.05, 0) is 15.9 Å². The predicted octanol–water partition coefficient (Wildman–Crippen LogP) is 1.63. The lowest BCUT2D eigenvalue weighted by Crippen LogP contribution is -2.13. The third kappa shape index (κ3) is 1.85. The highest BCUT2D eigenvalue weighted by Gasteiger charge is 2.34. The zero-order chi connectivity index (χ0) is 8.59. The van der Waals surface area contributed by atoms with Gasteiger partial charge < -0.3 is 9.84 Å². The fourth-order valence-corrected chi connectivity index (χ4v) is 2.69. The van der Waals surface area contributed by atoms with Gasteiger partial charge >= 0.3 is 5.97 Å². The van der Waals surface area contributed by atoms with Crippen LogP contribution in [0.25, 0.3) is 0 Å². The fourth-order valence-electron chi connectivity index (χ4n) is 0.646. The number of carbonyl (C=O) groups is 1. The van der Waals surface area contributed by atoms with Crippen LogP contribution in [0.1, 0.15) is 0 Å². The van der Waals surface area contributed by atoms with Gasteiger partial charge in [-0.1, -0.05) is 31.9 Å². The molecule has 0 saturated heterocycles. The normalized spacial score (nSPS) is 24.8. The van der Waals surface area contributed by atoms with Crippen molar-refractivity contribution in [1.29, 1.82) is 0 Å². The number of aliphatic hydroxyl groups is 1. The van der Waals surface area contributed by atoms with Gasteiger partial charge in [0, 0.05) is 5.57 Å². The minimum atomic E-state index is -1.15. The number of ether oxygens (including phenoxy) is 1. The van der Waals surface area contributed by atoms with Crippen molar-refractivity contribution < 1.29 is 14.6 Å². The summed E-state index contributed by atoms with van der Waals surface area (Å²) < 4.78 is 4.49. The van der Waals surface area contributed by atoms with E-state index in [9.17, 15) is 4.79 Å². The van der Waals surface area contributed by atoms with Gasteiger partial charge in [-0.2, -0.15) is 0 Å². The molecule has 1 atom stereocenters. The van der Waals surface area contributed by atoms with Crippen LogP contribution in [0.5, 0.6) is 0 Å². The van der Waals surface area contributed by atoms with E-state index in [4.69, 9.17) is 5.11 Å². The number of esters is 1. The lowest BCUT2D eigenvalue weighted by molar-refractivity contribution is -0.151. The Morgan fingerprint density at radius 3 is 2.27 bits per heavy atom. The summed E-state index contributed by atoms with van der Waals surface area (Å²) in [7, 11) is 0. The Labute approximate surface area is 88.2 Å². The van der Waals surface area contributed by atoms with Gasteiger partial charge in [0.1, 0.15) is 4.48 Å². The van der Waals surface area contributed by atoms with Crippen LogP contribution in [0.3, 0.4) is 0 Å². The first kappa shape index (κ1) is 9.70. The van der Waals surface area contributed by atoms with Crippen molar-refractivity contribution in [2.75, 3.05) is 0 Å². The fraction of sp³-hybridized carbons (Fsp3) is 0.400. The highest BCUT2D eigenvalue weighted by molar-refractivity contribution is 9.24. The van der Waals surface area contributed by atoms with E-state index in [2.05, 4.69) is 52.5 Å². The largest absolute Gasteiger partial charge is 0.428 e. The van der Waals surface area contributed by atoms with E-state index in [0.717, 1.165) is 0 Å². The van der Waals surface area contributed by atoms with E-state index in [1.807, 2.05) is 0 Å². The molecule has 0 aromatic rings. The van der Waals surface area contributed by atoms with Crippen LogP contribution in [-0.2, 0) is 9.53 Å². The lowest BCUT2D eigenvalue weighted by Gasteiger charge is -2.06. The maximum absolute atomic E-state index is 10.8. The molecule has 0 aromatic heterocycles. The minimum Gasteiger partial charge on any atom is -0.428 e. The van der Waals surface area contributed by atoms with Crippen molar-refractivity contribution >= 4 is 53.8 Å². The quantitative estimate of drug-likeness (QED) is 0.577. The predicted molar refractivity (Wildman–Crippen MR) is 49.7 cm³/mol. The van der Waals surface area contributed by atoms with E-state index in [1.165, 1.54) is 0 Å². The van der Waals surface area contributed by atoms with E-state index in [-0.39, 0.29) is 8.22 Å². The van der Waals surface area contributed by atoms with Crippen LogP contribution < -0.4 is 0 Å². The molecule has 6 heteroatoms. The summed E-state index contributed by atoms with van der Waals surface area (Å²) in [4.78, 5) is 10.8. The van der Waals surface area contributed by atoms with Crippen LogP contribution in [0.15, 0.2) is 10.1 Å².